The molecule has 2 atom stereocenters. The third-order valence-electron chi connectivity index (χ3n) is 4.51. The van der Waals surface area contributed by atoms with Gasteiger partial charge in [-0.3, -0.25) is 9.59 Å². The van der Waals surface area contributed by atoms with Crippen LogP contribution < -0.4 is 5.32 Å². The van der Waals surface area contributed by atoms with Gasteiger partial charge in [-0.15, -0.1) is 0 Å². The van der Waals surface area contributed by atoms with Gasteiger partial charge in [0, 0.05) is 19.2 Å². The van der Waals surface area contributed by atoms with E-state index in [9.17, 15) is 9.59 Å². The second kappa shape index (κ2) is 4.20. The molecule has 0 aliphatic carbocycles. The summed E-state index contributed by atoms with van der Waals surface area (Å²) < 4.78 is 0. The highest BCUT2D eigenvalue weighted by molar-refractivity contribution is 6.08. The summed E-state index contributed by atoms with van der Waals surface area (Å²) in [4.78, 5) is 26.4. The maximum Gasteiger partial charge on any atom is 0.237 e. The number of hydrogen-bond donors (Lipinski definition) is 1. The minimum Gasteiger partial charge on any atom is -0.338 e. The summed E-state index contributed by atoms with van der Waals surface area (Å²) in [6.07, 6.45) is 0.929. The van der Waals surface area contributed by atoms with Gasteiger partial charge in [-0.05, 0) is 25.0 Å². The van der Waals surface area contributed by atoms with Gasteiger partial charge in [0.15, 0.2) is 0 Å². The van der Waals surface area contributed by atoms with Gasteiger partial charge >= 0.3 is 0 Å². The van der Waals surface area contributed by atoms with Gasteiger partial charge in [0.2, 0.25) is 11.8 Å². The molecule has 1 fully saturated rings. The summed E-state index contributed by atoms with van der Waals surface area (Å²) in [7, 11) is 1.76. The molecular weight excluding hydrogens is 252 g/mol. The van der Waals surface area contributed by atoms with Crippen molar-refractivity contribution in [3.8, 4) is 0 Å². The second-order valence-corrected chi connectivity index (χ2v) is 5.72. The summed E-state index contributed by atoms with van der Waals surface area (Å²) in [6.45, 7) is 5.90. The topological polar surface area (TPSA) is 49.4 Å². The fraction of sp³-hybridized carbons (Fsp3) is 0.375. The van der Waals surface area contributed by atoms with Crippen LogP contribution in [0.4, 0.5) is 5.69 Å². The fourth-order valence-electron chi connectivity index (χ4n) is 3.70. The van der Waals surface area contributed by atoms with Crippen LogP contribution in [-0.4, -0.2) is 29.8 Å². The number of amides is 2. The Morgan fingerprint density at radius 3 is 2.80 bits per heavy atom. The first kappa shape index (κ1) is 12.9. The molecule has 2 aliphatic rings. The summed E-state index contributed by atoms with van der Waals surface area (Å²) in [6, 6.07) is 7.45. The quantitative estimate of drug-likeness (QED) is 0.794. The molecule has 1 aromatic rings. The van der Waals surface area contributed by atoms with Gasteiger partial charge in [-0.1, -0.05) is 30.4 Å². The van der Waals surface area contributed by atoms with Crippen molar-refractivity contribution in [1.29, 1.82) is 0 Å². The summed E-state index contributed by atoms with van der Waals surface area (Å²) in [5.41, 5.74) is 1.99. The van der Waals surface area contributed by atoms with Gasteiger partial charge < -0.3 is 10.2 Å². The normalized spacial score (nSPS) is 28.5. The highest BCUT2D eigenvalue weighted by Crippen LogP contribution is 2.48. The smallest absolute Gasteiger partial charge is 0.237 e. The number of para-hydroxylation sites is 1. The molecule has 3 rings (SSSR count). The number of benzene rings is 1. The monoisotopic (exact) mass is 270 g/mol. The first-order valence-corrected chi connectivity index (χ1v) is 6.80. The number of nitrogens with zero attached hydrogens (tertiary/aromatic N) is 1. The third kappa shape index (κ3) is 1.48. The number of fused-ring (bicyclic) bond motifs is 2. The molecule has 2 unspecified atom stereocenters. The van der Waals surface area contributed by atoms with Crippen molar-refractivity contribution >= 4 is 17.5 Å². The van der Waals surface area contributed by atoms with Crippen LogP contribution in [0.5, 0.6) is 0 Å². The van der Waals surface area contributed by atoms with Crippen molar-refractivity contribution in [2.24, 2.45) is 0 Å². The van der Waals surface area contributed by atoms with E-state index in [-0.39, 0.29) is 17.9 Å². The lowest BCUT2D eigenvalue weighted by molar-refractivity contribution is -0.140. The molecule has 0 saturated carbocycles. The van der Waals surface area contributed by atoms with E-state index in [2.05, 4.69) is 11.9 Å². The van der Waals surface area contributed by atoms with E-state index < -0.39 is 5.41 Å². The number of likely N-dealkylation sites (tertiary alicyclic amines) is 1. The first-order valence-electron chi connectivity index (χ1n) is 6.80. The van der Waals surface area contributed by atoms with Crippen LogP contribution in [0.2, 0.25) is 0 Å². The maximum absolute atomic E-state index is 12.7. The van der Waals surface area contributed by atoms with Crippen molar-refractivity contribution in [1.82, 2.24) is 4.90 Å². The zero-order valence-electron chi connectivity index (χ0n) is 11.8. The zero-order valence-corrected chi connectivity index (χ0v) is 11.8. The molecule has 1 aromatic carbocycles. The van der Waals surface area contributed by atoms with E-state index in [0.717, 1.165) is 16.8 Å². The lowest BCUT2D eigenvalue weighted by Crippen LogP contribution is -2.59. The van der Waals surface area contributed by atoms with E-state index in [1.165, 1.54) is 0 Å². The van der Waals surface area contributed by atoms with Gasteiger partial charge in [0.25, 0.3) is 0 Å². The van der Waals surface area contributed by atoms with Crippen LogP contribution >= 0.6 is 0 Å². The highest BCUT2D eigenvalue weighted by Gasteiger charge is 2.56. The van der Waals surface area contributed by atoms with E-state index in [1.54, 1.807) is 11.9 Å². The molecule has 4 nitrogen and oxygen atoms in total. The molecule has 0 radical (unpaired) electrons. The maximum atomic E-state index is 12.7. The molecule has 2 aliphatic heterocycles. The minimum absolute atomic E-state index is 0.0222. The number of piperidine rings is 1. The number of carbonyl (C=O) groups is 2. The average Bonchev–Trinajstić information content (AvgIpc) is 2.68. The number of carbonyl (C=O) groups excluding carboxylic acids is 2. The Morgan fingerprint density at radius 1 is 1.40 bits per heavy atom. The van der Waals surface area contributed by atoms with Crippen LogP contribution in [-0.2, 0) is 15.0 Å². The third-order valence-corrected chi connectivity index (χ3v) is 4.51. The molecule has 4 heteroatoms. The van der Waals surface area contributed by atoms with Crippen LogP contribution in [0, 0.1) is 0 Å². The van der Waals surface area contributed by atoms with Crippen molar-refractivity contribution in [2.75, 3.05) is 12.4 Å². The van der Waals surface area contributed by atoms with Gasteiger partial charge in [0.1, 0.15) is 5.41 Å². The van der Waals surface area contributed by atoms with Crippen LogP contribution in [0.25, 0.3) is 0 Å². The molecule has 1 saturated heterocycles. The summed E-state index contributed by atoms with van der Waals surface area (Å²) in [5, 5.41) is 2.96. The standard InChI is InChI=1S/C16H18N2O2/c1-10(2)14-16(9-8-13(19)18(14)3)11-6-4-5-7-12(11)17-15(16)20/h4-7,14H,1,8-9H2,2-3H3,(H,17,20). The number of nitrogens with one attached hydrogen (secondary N) is 1. The van der Waals surface area contributed by atoms with Crippen molar-refractivity contribution in [3.63, 3.8) is 0 Å². The minimum atomic E-state index is -0.689. The Labute approximate surface area is 118 Å². The van der Waals surface area contributed by atoms with Gasteiger partial charge in [-0.2, -0.15) is 0 Å². The average molecular weight is 270 g/mol. The second-order valence-electron chi connectivity index (χ2n) is 5.72. The lowest BCUT2D eigenvalue weighted by atomic mass is 9.67. The molecule has 104 valence electrons. The zero-order chi connectivity index (χ0) is 14.5. The van der Waals surface area contributed by atoms with Gasteiger partial charge in [0.05, 0.1) is 6.04 Å². The highest BCUT2D eigenvalue weighted by atomic mass is 16.2. The molecular formula is C16H18N2O2. The largest absolute Gasteiger partial charge is 0.338 e. The predicted octanol–water partition coefficient (Wildman–Crippen LogP) is 2.07. The summed E-state index contributed by atoms with van der Waals surface area (Å²) in [5.74, 6) is 0.0480. The number of hydrogen-bond acceptors (Lipinski definition) is 2. The van der Waals surface area contributed by atoms with Crippen molar-refractivity contribution < 1.29 is 9.59 Å². The van der Waals surface area contributed by atoms with E-state index in [4.69, 9.17) is 0 Å². The molecule has 0 aromatic heterocycles. The van der Waals surface area contributed by atoms with Gasteiger partial charge in [-0.25, -0.2) is 0 Å². The molecule has 2 heterocycles. The van der Waals surface area contributed by atoms with Crippen LogP contribution in [0.15, 0.2) is 36.4 Å². The Hall–Kier alpha value is -2.10. The first-order chi connectivity index (χ1) is 9.48. The van der Waals surface area contributed by atoms with Crippen LogP contribution in [0.1, 0.15) is 25.3 Å². The van der Waals surface area contributed by atoms with Crippen molar-refractivity contribution in [3.05, 3.63) is 42.0 Å². The molecule has 0 bridgehead atoms. The predicted molar refractivity (Wildman–Crippen MR) is 77.4 cm³/mol. The number of rotatable bonds is 1. The number of likely N-dealkylation sites (N-methyl/N-ethyl adjacent to an activating group) is 1. The van der Waals surface area contributed by atoms with E-state index >= 15 is 0 Å². The van der Waals surface area contributed by atoms with Crippen molar-refractivity contribution in [2.45, 2.75) is 31.2 Å². The lowest BCUT2D eigenvalue weighted by Gasteiger charge is -2.45. The Kier molecular flexibility index (Phi) is 2.71. The SMILES string of the molecule is C=C(C)C1N(C)C(=O)CCC12C(=O)Nc1ccccc12. The molecule has 1 N–H and O–H groups in total. The molecule has 1 spiro atoms. The number of anilines is 1. The molecule has 20 heavy (non-hydrogen) atoms. The summed E-state index contributed by atoms with van der Waals surface area (Å²) >= 11 is 0. The fourth-order valence-corrected chi connectivity index (χ4v) is 3.70. The molecule has 2 amide bonds. The van der Waals surface area contributed by atoms with E-state index in [0.29, 0.717) is 12.8 Å². The van der Waals surface area contributed by atoms with Crippen LogP contribution in [0.3, 0.4) is 0 Å². The van der Waals surface area contributed by atoms with E-state index in [1.807, 2.05) is 31.2 Å². The Bertz CT molecular complexity index is 623. The Balaban J connectivity index is 2.21. The Morgan fingerprint density at radius 2 is 2.10 bits per heavy atom.